The summed E-state index contributed by atoms with van der Waals surface area (Å²) in [6, 6.07) is 12.1. The molecule has 0 N–H and O–H groups in total. The molecule has 2 aromatic rings. The second-order valence-electron chi connectivity index (χ2n) is 5.51. The molecule has 0 atom stereocenters. The van der Waals surface area contributed by atoms with Gasteiger partial charge in [0.1, 0.15) is 12.4 Å². The van der Waals surface area contributed by atoms with Crippen LogP contribution in [-0.4, -0.2) is 47.1 Å². The van der Waals surface area contributed by atoms with Gasteiger partial charge in [-0.05, 0) is 36.8 Å². The molecule has 6 nitrogen and oxygen atoms in total. The molecule has 0 saturated carbocycles. The number of ether oxygens (including phenoxy) is 3. The van der Waals surface area contributed by atoms with Crippen LogP contribution in [0.3, 0.4) is 0 Å². The van der Waals surface area contributed by atoms with E-state index in [-0.39, 0.29) is 18.0 Å². The first-order chi connectivity index (χ1) is 11.9. The van der Waals surface area contributed by atoms with Crippen molar-refractivity contribution in [3.63, 3.8) is 0 Å². The lowest BCUT2D eigenvalue weighted by atomic mass is 10.2. The van der Waals surface area contributed by atoms with E-state index in [2.05, 4.69) is 0 Å². The van der Waals surface area contributed by atoms with Crippen molar-refractivity contribution in [2.45, 2.75) is 11.8 Å². The average Bonchev–Trinajstić information content (AvgIpc) is 2.61. The van der Waals surface area contributed by atoms with Crippen molar-refractivity contribution >= 4 is 10.0 Å². The van der Waals surface area contributed by atoms with Crippen molar-refractivity contribution < 1.29 is 22.6 Å². The van der Waals surface area contributed by atoms with Gasteiger partial charge in [-0.15, -0.1) is 0 Å². The molecule has 0 unspecified atom stereocenters. The topological polar surface area (TPSA) is 65.1 Å². The third-order valence-electron chi connectivity index (χ3n) is 3.73. The van der Waals surface area contributed by atoms with Crippen LogP contribution in [0.15, 0.2) is 47.4 Å². The Hall–Kier alpha value is -2.25. The molecule has 25 heavy (non-hydrogen) atoms. The monoisotopic (exact) mass is 365 g/mol. The molecule has 2 rings (SSSR count). The fraction of sp³-hybridized carbons (Fsp3) is 0.333. The minimum absolute atomic E-state index is 0.142. The van der Waals surface area contributed by atoms with Crippen molar-refractivity contribution in [1.82, 2.24) is 4.31 Å². The molecule has 136 valence electrons. The maximum atomic E-state index is 12.7. The zero-order valence-corrected chi connectivity index (χ0v) is 15.7. The summed E-state index contributed by atoms with van der Waals surface area (Å²) >= 11 is 0. The van der Waals surface area contributed by atoms with E-state index in [0.29, 0.717) is 11.5 Å². The SMILES string of the molecule is COc1ccc(S(=O)(=O)N(C)CCOc2cccc(C)c2)cc1OC. The Morgan fingerprint density at radius 3 is 2.36 bits per heavy atom. The number of nitrogens with zero attached hydrogens (tertiary/aromatic N) is 1. The molecule has 7 heteroatoms. The molecule has 2 aromatic carbocycles. The minimum Gasteiger partial charge on any atom is -0.493 e. The summed E-state index contributed by atoms with van der Waals surface area (Å²) in [6.45, 7) is 2.46. The van der Waals surface area contributed by atoms with Crippen molar-refractivity contribution in [1.29, 1.82) is 0 Å². The molecule has 0 heterocycles. The summed E-state index contributed by atoms with van der Waals surface area (Å²) in [6.07, 6.45) is 0. The number of hydrogen-bond donors (Lipinski definition) is 0. The van der Waals surface area contributed by atoms with Gasteiger partial charge in [-0.3, -0.25) is 0 Å². The number of aryl methyl sites for hydroxylation is 1. The lowest BCUT2D eigenvalue weighted by Crippen LogP contribution is -2.31. The van der Waals surface area contributed by atoms with E-state index in [1.807, 2.05) is 31.2 Å². The summed E-state index contributed by atoms with van der Waals surface area (Å²) in [5, 5.41) is 0. The lowest BCUT2D eigenvalue weighted by Gasteiger charge is -2.18. The lowest BCUT2D eigenvalue weighted by molar-refractivity contribution is 0.286. The maximum absolute atomic E-state index is 12.7. The van der Waals surface area contributed by atoms with Gasteiger partial charge in [0.2, 0.25) is 10.0 Å². The van der Waals surface area contributed by atoms with Crippen LogP contribution in [0.5, 0.6) is 17.2 Å². The Labute approximate surface area is 149 Å². The maximum Gasteiger partial charge on any atom is 0.243 e. The fourth-order valence-corrected chi connectivity index (χ4v) is 3.45. The predicted octanol–water partition coefficient (Wildman–Crippen LogP) is 2.71. The molecule has 0 aliphatic rings. The Bertz CT molecular complexity index is 820. The first kappa shape index (κ1) is 19.1. The molecule has 0 aromatic heterocycles. The molecular weight excluding hydrogens is 342 g/mol. The van der Waals surface area contributed by atoms with Crippen molar-refractivity contribution in [3.8, 4) is 17.2 Å². The third kappa shape index (κ3) is 4.64. The molecular formula is C18H23NO5S. The number of sulfonamides is 1. The summed E-state index contributed by atoms with van der Waals surface area (Å²) in [5.41, 5.74) is 1.09. The largest absolute Gasteiger partial charge is 0.493 e. The standard InChI is InChI=1S/C18H23NO5S/c1-14-6-5-7-15(12-14)24-11-10-19(2)25(20,21)16-8-9-17(22-3)18(13-16)23-4/h5-9,12-13H,10-11H2,1-4H3. The van der Waals surface area contributed by atoms with Gasteiger partial charge in [0.15, 0.2) is 11.5 Å². The summed E-state index contributed by atoms with van der Waals surface area (Å²) in [5.74, 6) is 1.57. The molecule has 0 aliphatic carbocycles. The van der Waals surface area contributed by atoms with Crippen molar-refractivity contribution in [2.24, 2.45) is 0 Å². The zero-order valence-electron chi connectivity index (χ0n) is 14.9. The third-order valence-corrected chi connectivity index (χ3v) is 5.58. The highest BCUT2D eigenvalue weighted by atomic mass is 32.2. The molecule has 0 saturated heterocycles. The summed E-state index contributed by atoms with van der Waals surface area (Å²) < 4.78 is 42.5. The minimum atomic E-state index is -3.64. The Kier molecular flexibility index (Phi) is 6.27. The van der Waals surface area contributed by atoms with E-state index in [9.17, 15) is 8.42 Å². The first-order valence-electron chi connectivity index (χ1n) is 7.76. The van der Waals surface area contributed by atoms with Crippen LogP contribution in [0, 0.1) is 6.92 Å². The highest BCUT2D eigenvalue weighted by molar-refractivity contribution is 7.89. The van der Waals surface area contributed by atoms with Gasteiger partial charge < -0.3 is 14.2 Å². The predicted molar refractivity (Wildman–Crippen MR) is 96.0 cm³/mol. The fourth-order valence-electron chi connectivity index (χ4n) is 2.27. The highest BCUT2D eigenvalue weighted by Crippen LogP contribution is 2.30. The summed E-state index contributed by atoms with van der Waals surface area (Å²) in [7, 11) is 0.845. The van der Waals surface area contributed by atoms with Gasteiger partial charge in [0.25, 0.3) is 0 Å². The van der Waals surface area contributed by atoms with Gasteiger partial charge in [0.05, 0.1) is 19.1 Å². The number of benzene rings is 2. The van der Waals surface area contributed by atoms with E-state index in [1.54, 1.807) is 6.07 Å². The van der Waals surface area contributed by atoms with Gasteiger partial charge in [-0.25, -0.2) is 8.42 Å². The van der Waals surface area contributed by atoms with Crippen molar-refractivity contribution in [3.05, 3.63) is 48.0 Å². The summed E-state index contributed by atoms with van der Waals surface area (Å²) in [4.78, 5) is 0.142. The molecule has 0 bridgehead atoms. The molecule has 0 spiro atoms. The molecule has 0 fully saturated rings. The van der Waals surface area contributed by atoms with E-state index in [0.717, 1.165) is 11.3 Å². The van der Waals surface area contributed by atoms with Crippen LogP contribution in [0.1, 0.15) is 5.56 Å². The Morgan fingerprint density at radius 2 is 1.72 bits per heavy atom. The van der Waals surface area contributed by atoms with Gasteiger partial charge in [0, 0.05) is 19.7 Å². The van der Waals surface area contributed by atoms with E-state index >= 15 is 0 Å². The van der Waals surface area contributed by atoms with E-state index < -0.39 is 10.0 Å². The van der Waals surface area contributed by atoms with Gasteiger partial charge in [-0.2, -0.15) is 4.31 Å². The number of likely N-dealkylation sites (N-methyl/N-ethyl adjacent to an activating group) is 1. The average molecular weight is 365 g/mol. The second-order valence-corrected chi connectivity index (χ2v) is 7.55. The van der Waals surface area contributed by atoms with Crippen LogP contribution in [0.25, 0.3) is 0 Å². The number of rotatable bonds is 8. The van der Waals surface area contributed by atoms with Gasteiger partial charge in [-0.1, -0.05) is 12.1 Å². The Balaban J connectivity index is 2.05. The Morgan fingerprint density at radius 1 is 1.00 bits per heavy atom. The second kappa shape index (κ2) is 8.22. The van der Waals surface area contributed by atoms with Crippen LogP contribution >= 0.6 is 0 Å². The molecule has 0 aliphatic heterocycles. The zero-order chi connectivity index (χ0) is 18.4. The van der Waals surface area contributed by atoms with E-state index in [4.69, 9.17) is 14.2 Å². The van der Waals surface area contributed by atoms with Crippen molar-refractivity contribution in [2.75, 3.05) is 34.4 Å². The van der Waals surface area contributed by atoms with Crippen LogP contribution in [-0.2, 0) is 10.0 Å². The molecule has 0 radical (unpaired) electrons. The quantitative estimate of drug-likeness (QED) is 0.720. The van der Waals surface area contributed by atoms with E-state index in [1.165, 1.54) is 37.7 Å². The number of methoxy groups -OCH3 is 2. The number of hydrogen-bond acceptors (Lipinski definition) is 5. The normalized spacial score (nSPS) is 11.4. The van der Waals surface area contributed by atoms with Gasteiger partial charge >= 0.3 is 0 Å². The first-order valence-corrected chi connectivity index (χ1v) is 9.20. The smallest absolute Gasteiger partial charge is 0.243 e. The van der Waals surface area contributed by atoms with Crippen LogP contribution < -0.4 is 14.2 Å². The van der Waals surface area contributed by atoms with Crippen LogP contribution in [0.2, 0.25) is 0 Å². The molecule has 0 amide bonds. The van der Waals surface area contributed by atoms with Crippen LogP contribution in [0.4, 0.5) is 0 Å². The highest BCUT2D eigenvalue weighted by Gasteiger charge is 2.22.